The molecular formula is C24H27NO6. The predicted octanol–water partition coefficient (Wildman–Crippen LogP) is 3.50. The van der Waals surface area contributed by atoms with Crippen LogP contribution in [0.3, 0.4) is 0 Å². The molecule has 0 N–H and O–H groups in total. The second-order valence-electron chi connectivity index (χ2n) is 7.71. The van der Waals surface area contributed by atoms with E-state index in [0.717, 1.165) is 5.56 Å². The van der Waals surface area contributed by atoms with Crippen molar-refractivity contribution >= 4 is 23.6 Å². The van der Waals surface area contributed by atoms with Gasteiger partial charge in [-0.25, -0.2) is 9.59 Å². The van der Waals surface area contributed by atoms with E-state index < -0.39 is 28.9 Å². The van der Waals surface area contributed by atoms with Crippen molar-refractivity contribution in [1.29, 1.82) is 0 Å². The molecule has 1 aliphatic heterocycles. The Bertz CT molecular complexity index is 971. The average Bonchev–Trinajstić information content (AvgIpc) is 2.74. The maximum atomic E-state index is 13.6. The molecule has 7 heteroatoms. The summed E-state index contributed by atoms with van der Waals surface area (Å²) in [6, 6.07) is 16.3. The van der Waals surface area contributed by atoms with Gasteiger partial charge in [-0.3, -0.25) is 4.79 Å². The normalized spacial score (nSPS) is 18.1. The number of rotatable bonds is 7. The number of anilines is 1. The number of ether oxygens (including phenoxy) is 3. The summed E-state index contributed by atoms with van der Waals surface area (Å²) in [6.07, 6.45) is 0. The Labute approximate surface area is 181 Å². The summed E-state index contributed by atoms with van der Waals surface area (Å²) < 4.78 is 16.2. The number of hydrogen-bond acceptors (Lipinski definition) is 7. The molecule has 0 spiro atoms. The first kappa shape index (κ1) is 22.3. The van der Waals surface area contributed by atoms with E-state index in [1.165, 1.54) is 13.8 Å². The second-order valence-corrected chi connectivity index (χ2v) is 7.71. The minimum Gasteiger partial charge on any atom is -0.465 e. The van der Waals surface area contributed by atoms with Crippen molar-refractivity contribution in [3.8, 4) is 5.75 Å². The lowest BCUT2D eigenvalue weighted by Crippen LogP contribution is -2.73. The van der Waals surface area contributed by atoms with Crippen LogP contribution in [-0.4, -0.2) is 36.7 Å². The molecule has 164 valence electrons. The molecule has 0 amide bonds. The van der Waals surface area contributed by atoms with Crippen LogP contribution in [0.1, 0.15) is 33.3 Å². The zero-order chi connectivity index (χ0) is 22.6. The van der Waals surface area contributed by atoms with E-state index in [4.69, 9.17) is 14.2 Å². The van der Waals surface area contributed by atoms with Crippen molar-refractivity contribution in [3.05, 3.63) is 60.2 Å². The largest absolute Gasteiger partial charge is 0.465 e. The summed E-state index contributed by atoms with van der Waals surface area (Å²) in [6.45, 7) is 6.64. The van der Waals surface area contributed by atoms with Gasteiger partial charge in [0.15, 0.2) is 5.75 Å². The zero-order valence-electron chi connectivity index (χ0n) is 18.2. The first-order valence-corrected chi connectivity index (χ1v) is 10.3. The standard InChI is InChI=1S/C24H27NO6/c1-5-29-20(26)23(3,4)24(21(27)30-6-2)22(28)31-19-15-11-10-14-18(19)25(24)16-17-12-8-7-9-13-17/h7-15H,5-6,16H2,1-4H3. The van der Waals surface area contributed by atoms with Gasteiger partial charge in [-0.2, -0.15) is 0 Å². The Balaban J connectivity index is 2.30. The number of nitrogens with zero attached hydrogens (tertiary/aromatic N) is 1. The van der Waals surface area contributed by atoms with Gasteiger partial charge in [-0.15, -0.1) is 0 Å². The first-order valence-electron chi connectivity index (χ1n) is 10.3. The number of carbonyl (C=O) groups is 3. The highest BCUT2D eigenvalue weighted by Gasteiger charge is 2.69. The number of benzene rings is 2. The van der Waals surface area contributed by atoms with E-state index in [1.807, 2.05) is 30.3 Å². The fourth-order valence-corrected chi connectivity index (χ4v) is 3.94. The van der Waals surface area contributed by atoms with Gasteiger partial charge in [0, 0.05) is 6.54 Å². The highest BCUT2D eigenvalue weighted by atomic mass is 16.6. The molecule has 3 rings (SSSR count). The minimum atomic E-state index is -2.08. The van der Waals surface area contributed by atoms with E-state index in [0.29, 0.717) is 11.4 Å². The lowest BCUT2D eigenvalue weighted by atomic mass is 9.69. The Morgan fingerprint density at radius 1 is 0.968 bits per heavy atom. The van der Waals surface area contributed by atoms with Crippen LogP contribution in [-0.2, 0) is 30.4 Å². The summed E-state index contributed by atoms with van der Waals surface area (Å²) in [5, 5.41) is 0. The van der Waals surface area contributed by atoms with Crippen LogP contribution in [0.25, 0.3) is 0 Å². The van der Waals surface area contributed by atoms with Crippen LogP contribution in [0.15, 0.2) is 54.6 Å². The van der Waals surface area contributed by atoms with Gasteiger partial charge in [-0.05, 0) is 45.4 Å². The third kappa shape index (κ3) is 3.65. The third-order valence-electron chi connectivity index (χ3n) is 5.50. The third-order valence-corrected chi connectivity index (χ3v) is 5.50. The van der Waals surface area contributed by atoms with Crippen molar-refractivity contribution < 1.29 is 28.6 Å². The van der Waals surface area contributed by atoms with Crippen LogP contribution in [0.5, 0.6) is 5.75 Å². The molecule has 0 bridgehead atoms. The molecule has 0 aliphatic carbocycles. The van der Waals surface area contributed by atoms with Crippen molar-refractivity contribution in [3.63, 3.8) is 0 Å². The number of para-hydroxylation sites is 2. The first-order chi connectivity index (χ1) is 14.8. The molecule has 1 heterocycles. The van der Waals surface area contributed by atoms with E-state index in [9.17, 15) is 14.4 Å². The molecular weight excluding hydrogens is 398 g/mol. The second kappa shape index (κ2) is 8.79. The predicted molar refractivity (Wildman–Crippen MR) is 114 cm³/mol. The van der Waals surface area contributed by atoms with Crippen LogP contribution < -0.4 is 9.64 Å². The topological polar surface area (TPSA) is 82.1 Å². The summed E-state index contributed by atoms with van der Waals surface area (Å²) in [4.78, 5) is 41.8. The summed E-state index contributed by atoms with van der Waals surface area (Å²) in [5.41, 5.74) is -2.34. The number of hydrogen-bond donors (Lipinski definition) is 0. The SMILES string of the molecule is CCOC(=O)C(C)(C)C1(C(=O)OCC)C(=O)Oc2ccccc2N1Cc1ccccc1. The van der Waals surface area contributed by atoms with E-state index in [-0.39, 0.29) is 19.8 Å². The maximum absolute atomic E-state index is 13.6. The molecule has 31 heavy (non-hydrogen) atoms. The Morgan fingerprint density at radius 2 is 1.58 bits per heavy atom. The molecule has 0 saturated heterocycles. The van der Waals surface area contributed by atoms with Crippen molar-refractivity contribution in [1.82, 2.24) is 0 Å². The van der Waals surface area contributed by atoms with Gasteiger partial charge in [0.2, 0.25) is 0 Å². The van der Waals surface area contributed by atoms with Crippen molar-refractivity contribution in [2.24, 2.45) is 5.41 Å². The molecule has 1 unspecified atom stereocenters. The van der Waals surface area contributed by atoms with Gasteiger partial charge in [0.05, 0.1) is 18.9 Å². The van der Waals surface area contributed by atoms with Crippen LogP contribution in [0, 0.1) is 5.41 Å². The van der Waals surface area contributed by atoms with Gasteiger partial charge in [0.1, 0.15) is 5.41 Å². The summed E-state index contributed by atoms with van der Waals surface area (Å²) in [5.74, 6) is -2.12. The highest BCUT2D eigenvalue weighted by Crippen LogP contribution is 2.49. The molecule has 1 aliphatic rings. The van der Waals surface area contributed by atoms with Gasteiger partial charge in [-0.1, -0.05) is 42.5 Å². The van der Waals surface area contributed by atoms with Crippen LogP contribution in [0.2, 0.25) is 0 Å². The fraction of sp³-hybridized carbons (Fsp3) is 0.375. The molecule has 0 aromatic heterocycles. The molecule has 2 aromatic rings. The summed E-state index contributed by atoms with van der Waals surface area (Å²) in [7, 11) is 0. The Kier molecular flexibility index (Phi) is 6.34. The Morgan fingerprint density at radius 3 is 2.23 bits per heavy atom. The molecule has 0 radical (unpaired) electrons. The molecule has 1 atom stereocenters. The smallest absolute Gasteiger partial charge is 0.350 e. The van der Waals surface area contributed by atoms with Gasteiger partial charge >= 0.3 is 17.9 Å². The van der Waals surface area contributed by atoms with Crippen molar-refractivity contribution in [2.75, 3.05) is 18.1 Å². The fourth-order valence-electron chi connectivity index (χ4n) is 3.94. The van der Waals surface area contributed by atoms with Crippen LogP contribution in [0.4, 0.5) is 5.69 Å². The quantitative estimate of drug-likeness (QED) is 0.381. The van der Waals surface area contributed by atoms with E-state index in [1.54, 1.807) is 43.0 Å². The zero-order valence-corrected chi connectivity index (χ0v) is 18.2. The Hall–Kier alpha value is -3.35. The number of fused-ring (bicyclic) bond motifs is 1. The van der Waals surface area contributed by atoms with Gasteiger partial charge < -0.3 is 19.1 Å². The van der Waals surface area contributed by atoms with Crippen LogP contribution >= 0.6 is 0 Å². The molecule has 0 fully saturated rings. The van der Waals surface area contributed by atoms with Gasteiger partial charge in [0.25, 0.3) is 5.54 Å². The summed E-state index contributed by atoms with van der Waals surface area (Å²) >= 11 is 0. The molecule has 7 nitrogen and oxygen atoms in total. The van der Waals surface area contributed by atoms with E-state index in [2.05, 4.69) is 0 Å². The average molecular weight is 425 g/mol. The lowest BCUT2D eigenvalue weighted by molar-refractivity contribution is -0.178. The van der Waals surface area contributed by atoms with Crippen molar-refractivity contribution in [2.45, 2.75) is 39.8 Å². The van der Waals surface area contributed by atoms with E-state index >= 15 is 0 Å². The highest BCUT2D eigenvalue weighted by molar-refractivity contribution is 6.15. The minimum absolute atomic E-state index is 0.0353. The monoisotopic (exact) mass is 425 g/mol. The molecule has 2 aromatic carbocycles. The molecule has 0 saturated carbocycles. The number of carbonyl (C=O) groups excluding carboxylic acids is 3. The number of esters is 3. The maximum Gasteiger partial charge on any atom is 0.350 e. The lowest BCUT2D eigenvalue weighted by Gasteiger charge is -2.50.